The molecule has 0 saturated carbocycles. The summed E-state index contributed by atoms with van der Waals surface area (Å²) in [6.45, 7) is 7.58. The Morgan fingerprint density at radius 3 is 2.64 bits per heavy atom. The molecule has 0 atom stereocenters. The van der Waals surface area contributed by atoms with Crippen molar-refractivity contribution in [3.8, 4) is 0 Å². The Hall–Kier alpha value is -2.09. The summed E-state index contributed by atoms with van der Waals surface area (Å²) in [7, 11) is 0. The van der Waals surface area contributed by atoms with Gasteiger partial charge in [0.15, 0.2) is 0 Å². The molecule has 1 aliphatic heterocycles. The molecule has 3 rings (SSSR count). The summed E-state index contributed by atoms with van der Waals surface area (Å²) in [6, 6.07) is 12.9. The Bertz CT molecular complexity index is 742. The van der Waals surface area contributed by atoms with Gasteiger partial charge in [0, 0.05) is 23.0 Å². The first-order valence-corrected chi connectivity index (χ1v) is 8.07. The summed E-state index contributed by atoms with van der Waals surface area (Å²) >= 11 is 0. The van der Waals surface area contributed by atoms with Crippen LogP contribution in [0.4, 0.5) is 5.69 Å². The van der Waals surface area contributed by atoms with Gasteiger partial charge in [-0.2, -0.15) is 0 Å². The summed E-state index contributed by atoms with van der Waals surface area (Å²) < 4.78 is 0. The van der Waals surface area contributed by atoms with Gasteiger partial charge >= 0.3 is 0 Å². The number of nitrogens with zero attached hydrogens (tertiary/aromatic N) is 1. The molecule has 0 unspecified atom stereocenters. The van der Waals surface area contributed by atoms with Crippen molar-refractivity contribution in [2.24, 2.45) is 0 Å². The highest BCUT2D eigenvalue weighted by molar-refractivity contribution is 5.99. The van der Waals surface area contributed by atoms with Crippen LogP contribution in [-0.2, 0) is 10.2 Å². The number of anilines is 1. The van der Waals surface area contributed by atoms with Crippen molar-refractivity contribution in [3.05, 3.63) is 53.7 Å². The van der Waals surface area contributed by atoms with E-state index in [1.807, 2.05) is 0 Å². The molecule has 0 saturated heterocycles. The van der Waals surface area contributed by atoms with Gasteiger partial charge in [0.05, 0.1) is 5.69 Å². The first kappa shape index (κ1) is 14.8. The SMILES string of the molecule is CCCCN1C(=CC=O)C(C)(C)c2ccc3ccccc3c21. The standard InChI is InChI=1S/C20H23NO/c1-4-5-13-21-18(12-14-22)20(2,3)17-11-10-15-8-6-7-9-16(15)19(17)21/h6-12,14H,4-5,13H2,1-3H3. The second kappa shape index (κ2) is 5.60. The number of rotatable bonds is 4. The fraction of sp³-hybridized carbons (Fsp3) is 0.350. The summed E-state index contributed by atoms with van der Waals surface area (Å²) in [6.07, 6.45) is 4.93. The molecule has 2 heteroatoms. The van der Waals surface area contributed by atoms with E-state index in [9.17, 15) is 4.79 Å². The molecule has 0 radical (unpaired) electrons. The van der Waals surface area contributed by atoms with Crippen LogP contribution in [0.25, 0.3) is 10.8 Å². The minimum Gasteiger partial charge on any atom is -0.343 e. The molecular formula is C20H23NO. The van der Waals surface area contributed by atoms with Crippen LogP contribution in [0.2, 0.25) is 0 Å². The van der Waals surface area contributed by atoms with Crippen molar-refractivity contribution in [3.63, 3.8) is 0 Å². The third-order valence-electron chi connectivity index (χ3n) is 4.74. The van der Waals surface area contributed by atoms with E-state index in [0.29, 0.717) is 0 Å². The van der Waals surface area contributed by atoms with Gasteiger partial charge in [-0.15, -0.1) is 0 Å². The first-order valence-electron chi connectivity index (χ1n) is 8.07. The van der Waals surface area contributed by atoms with E-state index in [2.05, 4.69) is 62.1 Å². The van der Waals surface area contributed by atoms with Crippen LogP contribution in [-0.4, -0.2) is 12.8 Å². The predicted octanol–water partition coefficient (Wildman–Crippen LogP) is 4.82. The molecule has 0 aromatic heterocycles. The number of hydrogen-bond acceptors (Lipinski definition) is 2. The highest BCUT2D eigenvalue weighted by Crippen LogP contribution is 2.50. The number of fused-ring (bicyclic) bond motifs is 3. The van der Waals surface area contributed by atoms with Crippen LogP contribution in [0.3, 0.4) is 0 Å². The predicted molar refractivity (Wildman–Crippen MR) is 93.4 cm³/mol. The number of unbranched alkanes of at least 4 members (excludes halogenated alkanes) is 1. The quantitative estimate of drug-likeness (QED) is 0.595. The average molecular weight is 293 g/mol. The van der Waals surface area contributed by atoms with E-state index in [1.54, 1.807) is 6.08 Å². The Morgan fingerprint density at radius 1 is 1.14 bits per heavy atom. The van der Waals surface area contributed by atoms with Gasteiger partial charge in [-0.25, -0.2) is 0 Å². The maximum absolute atomic E-state index is 11.2. The van der Waals surface area contributed by atoms with E-state index < -0.39 is 0 Å². The summed E-state index contributed by atoms with van der Waals surface area (Å²) in [4.78, 5) is 13.5. The zero-order valence-corrected chi connectivity index (χ0v) is 13.6. The monoisotopic (exact) mass is 293 g/mol. The number of benzene rings is 2. The fourth-order valence-electron chi connectivity index (χ4n) is 3.56. The van der Waals surface area contributed by atoms with E-state index in [-0.39, 0.29) is 5.41 Å². The minimum atomic E-state index is -0.131. The molecule has 114 valence electrons. The molecule has 0 bridgehead atoms. The zero-order chi connectivity index (χ0) is 15.7. The lowest BCUT2D eigenvalue weighted by molar-refractivity contribution is -0.104. The lowest BCUT2D eigenvalue weighted by Gasteiger charge is -2.26. The Morgan fingerprint density at radius 2 is 1.91 bits per heavy atom. The molecule has 1 heterocycles. The topological polar surface area (TPSA) is 20.3 Å². The summed E-state index contributed by atoms with van der Waals surface area (Å²) in [5.74, 6) is 0. The van der Waals surface area contributed by atoms with Crippen molar-refractivity contribution in [1.82, 2.24) is 0 Å². The molecule has 0 N–H and O–H groups in total. The lowest BCUT2D eigenvalue weighted by atomic mass is 9.83. The number of carbonyl (C=O) groups excluding carboxylic acids is 1. The highest BCUT2D eigenvalue weighted by Gasteiger charge is 2.40. The van der Waals surface area contributed by atoms with Crippen molar-refractivity contribution in [2.45, 2.75) is 39.0 Å². The third-order valence-corrected chi connectivity index (χ3v) is 4.74. The van der Waals surface area contributed by atoms with Crippen molar-refractivity contribution in [1.29, 1.82) is 0 Å². The second-order valence-corrected chi connectivity index (χ2v) is 6.50. The highest BCUT2D eigenvalue weighted by atomic mass is 16.1. The summed E-state index contributed by atoms with van der Waals surface area (Å²) in [5, 5.41) is 2.53. The molecule has 2 nitrogen and oxygen atoms in total. The molecule has 22 heavy (non-hydrogen) atoms. The molecule has 0 spiro atoms. The molecule has 0 fully saturated rings. The van der Waals surface area contributed by atoms with E-state index in [1.165, 1.54) is 22.0 Å². The van der Waals surface area contributed by atoms with Crippen LogP contribution in [0, 0.1) is 0 Å². The van der Waals surface area contributed by atoms with Crippen LogP contribution >= 0.6 is 0 Å². The Kier molecular flexibility index (Phi) is 3.78. The normalized spacial score (nSPS) is 18.0. The second-order valence-electron chi connectivity index (χ2n) is 6.50. The van der Waals surface area contributed by atoms with Crippen molar-refractivity contribution in [2.75, 3.05) is 11.4 Å². The molecular weight excluding hydrogens is 270 g/mol. The first-order chi connectivity index (χ1) is 10.6. The van der Waals surface area contributed by atoms with Crippen LogP contribution < -0.4 is 4.90 Å². The van der Waals surface area contributed by atoms with E-state index in [0.717, 1.165) is 31.4 Å². The van der Waals surface area contributed by atoms with Gasteiger partial charge in [-0.05, 0) is 23.4 Å². The maximum Gasteiger partial charge on any atom is 0.144 e. The zero-order valence-electron chi connectivity index (χ0n) is 13.6. The summed E-state index contributed by atoms with van der Waals surface area (Å²) in [5.41, 5.74) is 3.58. The van der Waals surface area contributed by atoms with Crippen LogP contribution in [0.15, 0.2) is 48.2 Å². The minimum absolute atomic E-state index is 0.131. The Labute approximate surface area is 132 Å². The molecule has 2 aromatic carbocycles. The smallest absolute Gasteiger partial charge is 0.144 e. The van der Waals surface area contributed by atoms with Crippen LogP contribution in [0.1, 0.15) is 39.2 Å². The Balaban J connectivity index is 2.28. The fourth-order valence-corrected chi connectivity index (χ4v) is 3.56. The lowest BCUT2D eigenvalue weighted by Crippen LogP contribution is -2.27. The third kappa shape index (κ3) is 2.14. The van der Waals surface area contributed by atoms with Gasteiger partial charge < -0.3 is 4.90 Å². The van der Waals surface area contributed by atoms with Gasteiger partial charge in [-0.3, -0.25) is 4.79 Å². The van der Waals surface area contributed by atoms with Crippen LogP contribution in [0.5, 0.6) is 0 Å². The maximum atomic E-state index is 11.2. The number of carbonyl (C=O) groups is 1. The average Bonchev–Trinajstić information content (AvgIpc) is 2.74. The molecule has 1 aliphatic rings. The van der Waals surface area contributed by atoms with Gasteiger partial charge in [0.25, 0.3) is 0 Å². The number of aldehydes is 1. The van der Waals surface area contributed by atoms with Gasteiger partial charge in [-0.1, -0.05) is 63.6 Å². The van der Waals surface area contributed by atoms with E-state index in [4.69, 9.17) is 0 Å². The van der Waals surface area contributed by atoms with Crippen molar-refractivity contribution >= 4 is 22.7 Å². The van der Waals surface area contributed by atoms with E-state index >= 15 is 0 Å². The molecule has 2 aromatic rings. The number of hydrogen-bond donors (Lipinski definition) is 0. The molecule has 0 aliphatic carbocycles. The van der Waals surface area contributed by atoms with Gasteiger partial charge in [0.2, 0.25) is 0 Å². The van der Waals surface area contributed by atoms with Crippen molar-refractivity contribution < 1.29 is 4.79 Å². The van der Waals surface area contributed by atoms with Gasteiger partial charge in [0.1, 0.15) is 6.29 Å². The molecule has 0 amide bonds. The largest absolute Gasteiger partial charge is 0.343 e. The number of allylic oxidation sites excluding steroid dienone is 2.